The van der Waals surface area contributed by atoms with Crippen molar-refractivity contribution in [2.24, 2.45) is 0 Å². The normalized spacial score (nSPS) is 21.8. The quantitative estimate of drug-likeness (QED) is 0.611. The predicted molar refractivity (Wildman–Crippen MR) is 98.0 cm³/mol. The summed E-state index contributed by atoms with van der Waals surface area (Å²) in [5.74, 6) is 1.94. The SMILES string of the molecule is COc1nc(C2CC2)cc(O[C@@H]2CC[C@H](NC(=O)O)C2)c1-c1cc(N)n[nH]1. The number of ether oxygens (including phenoxy) is 2. The van der Waals surface area contributed by atoms with Crippen LogP contribution < -0.4 is 20.5 Å². The third-order valence-corrected chi connectivity index (χ3v) is 5.03. The Labute approximate surface area is 156 Å². The molecule has 0 spiro atoms. The highest BCUT2D eigenvalue weighted by Gasteiger charge is 2.32. The molecule has 2 fully saturated rings. The molecule has 2 aromatic rings. The van der Waals surface area contributed by atoms with Crippen LogP contribution in [0.25, 0.3) is 11.3 Å². The fourth-order valence-electron chi connectivity index (χ4n) is 3.59. The number of nitrogen functional groups attached to an aromatic ring is 1. The highest BCUT2D eigenvalue weighted by molar-refractivity contribution is 5.74. The number of anilines is 1. The number of methoxy groups -OCH3 is 1. The Balaban J connectivity index is 1.65. The van der Waals surface area contributed by atoms with E-state index in [9.17, 15) is 4.79 Å². The molecule has 9 heteroatoms. The van der Waals surface area contributed by atoms with Gasteiger partial charge in [0.2, 0.25) is 5.88 Å². The molecule has 0 aromatic carbocycles. The van der Waals surface area contributed by atoms with Crippen molar-refractivity contribution in [3.8, 4) is 22.9 Å². The van der Waals surface area contributed by atoms with Gasteiger partial charge in [0.1, 0.15) is 23.2 Å². The van der Waals surface area contributed by atoms with Crippen LogP contribution in [0.15, 0.2) is 12.1 Å². The first-order valence-electron chi connectivity index (χ1n) is 9.09. The Morgan fingerprint density at radius 2 is 2.15 bits per heavy atom. The van der Waals surface area contributed by atoms with Gasteiger partial charge in [-0.3, -0.25) is 5.10 Å². The summed E-state index contributed by atoms with van der Waals surface area (Å²) in [6, 6.07) is 3.59. The molecule has 0 aliphatic heterocycles. The number of hydrogen-bond donors (Lipinski definition) is 4. The summed E-state index contributed by atoms with van der Waals surface area (Å²) in [4.78, 5) is 15.5. The summed E-state index contributed by atoms with van der Waals surface area (Å²) in [6.45, 7) is 0. The Kier molecular flexibility index (Phi) is 4.51. The van der Waals surface area contributed by atoms with Gasteiger partial charge in [0.15, 0.2) is 0 Å². The Morgan fingerprint density at radius 1 is 1.33 bits per heavy atom. The molecule has 2 aliphatic rings. The van der Waals surface area contributed by atoms with Crippen LogP contribution >= 0.6 is 0 Å². The molecule has 0 unspecified atom stereocenters. The Bertz CT molecular complexity index is 848. The van der Waals surface area contributed by atoms with E-state index in [1.807, 2.05) is 6.07 Å². The third-order valence-electron chi connectivity index (χ3n) is 5.03. The van der Waals surface area contributed by atoms with Gasteiger partial charge >= 0.3 is 6.09 Å². The number of carboxylic acid groups (broad SMARTS) is 1. The summed E-state index contributed by atoms with van der Waals surface area (Å²) in [5, 5.41) is 18.3. The second-order valence-corrected chi connectivity index (χ2v) is 7.11. The molecule has 144 valence electrons. The number of H-pyrrole nitrogens is 1. The average Bonchev–Trinajstić information content (AvgIpc) is 3.26. The van der Waals surface area contributed by atoms with E-state index in [2.05, 4.69) is 20.5 Å². The second kappa shape index (κ2) is 6.98. The second-order valence-electron chi connectivity index (χ2n) is 7.11. The van der Waals surface area contributed by atoms with Gasteiger partial charge < -0.3 is 25.6 Å². The molecule has 1 amide bonds. The molecule has 2 saturated carbocycles. The number of rotatable bonds is 6. The molecule has 2 heterocycles. The maximum atomic E-state index is 10.9. The number of nitrogens with two attached hydrogens (primary N) is 1. The van der Waals surface area contributed by atoms with Gasteiger partial charge in [-0.15, -0.1) is 0 Å². The highest BCUT2D eigenvalue weighted by atomic mass is 16.5. The smallest absolute Gasteiger partial charge is 0.404 e. The zero-order valence-electron chi connectivity index (χ0n) is 15.1. The van der Waals surface area contributed by atoms with Crippen molar-refractivity contribution in [1.29, 1.82) is 0 Å². The summed E-state index contributed by atoms with van der Waals surface area (Å²) >= 11 is 0. The lowest BCUT2D eigenvalue weighted by atomic mass is 10.1. The number of carbonyl (C=O) groups is 1. The maximum Gasteiger partial charge on any atom is 0.404 e. The molecule has 5 N–H and O–H groups in total. The third kappa shape index (κ3) is 3.76. The van der Waals surface area contributed by atoms with Crippen LogP contribution in [0.5, 0.6) is 11.6 Å². The van der Waals surface area contributed by atoms with Crippen LogP contribution in [0.1, 0.15) is 43.7 Å². The Hall–Kier alpha value is -2.97. The molecular formula is C18H23N5O4. The summed E-state index contributed by atoms with van der Waals surface area (Å²) in [5.41, 5.74) is 8.08. The first-order valence-corrected chi connectivity index (χ1v) is 9.09. The van der Waals surface area contributed by atoms with Crippen LogP contribution in [0.3, 0.4) is 0 Å². The van der Waals surface area contributed by atoms with Gasteiger partial charge in [-0.05, 0) is 25.7 Å². The lowest BCUT2D eigenvalue weighted by Gasteiger charge is -2.19. The topological polar surface area (TPSA) is 135 Å². The monoisotopic (exact) mass is 373 g/mol. The first-order chi connectivity index (χ1) is 13.0. The van der Waals surface area contributed by atoms with E-state index in [0.717, 1.165) is 31.4 Å². The molecule has 0 bridgehead atoms. The molecule has 2 aliphatic carbocycles. The van der Waals surface area contributed by atoms with Crippen molar-refractivity contribution < 1.29 is 19.4 Å². The highest BCUT2D eigenvalue weighted by Crippen LogP contribution is 2.45. The predicted octanol–water partition coefficient (Wildman–Crippen LogP) is 2.51. The standard InChI is InChI=1S/C18H23N5O4/c1-26-17-16(13-8-15(19)23-22-13)14(7-12(21-17)9-2-3-9)27-11-5-4-10(6-11)20-18(24)25/h7-11,20H,2-6H2,1H3,(H,24,25)(H3,19,22,23)/t10-,11+/m0/s1. The van der Waals surface area contributed by atoms with Gasteiger partial charge in [0, 0.05) is 30.5 Å². The van der Waals surface area contributed by atoms with Gasteiger partial charge in [-0.2, -0.15) is 5.10 Å². The number of hydrogen-bond acceptors (Lipinski definition) is 6. The minimum Gasteiger partial charge on any atom is -0.489 e. The number of pyridine rings is 1. The van der Waals surface area contributed by atoms with Crippen LogP contribution in [-0.2, 0) is 0 Å². The van der Waals surface area contributed by atoms with E-state index >= 15 is 0 Å². The molecule has 0 saturated heterocycles. The lowest BCUT2D eigenvalue weighted by Crippen LogP contribution is -2.32. The molecule has 2 aromatic heterocycles. The van der Waals surface area contributed by atoms with Crippen molar-refractivity contribution in [1.82, 2.24) is 20.5 Å². The molecule has 0 radical (unpaired) electrons. The molecule has 4 rings (SSSR count). The van der Waals surface area contributed by atoms with Gasteiger partial charge in [0.05, 0.1) is 18.5 Å². The number of nitrogens with one attached hydrogen (secondary N) is 2. The van der Waals surface area contributed by atoms with E-state index in [1.54, 1.807) is 13.2 Å². The van der Waals surface area contributed by atoms with Crippen LogP contribution in [0.4, 0.5) is 10.6 Å². The number of aromatic nitrogens is 3. The van der Waals surface area contributed by atoms with E-state index in [1.165, 1.54) is 0 Å². The van der Waals surface area contributed by atoms with Crippen molar-refractivity contribution in [3.05, 3.63) is 17.8 Å². The van der Waals surface area contributed by atoms with Crippen LogP contribution in [-0.4, -0.2) is 45.6 Å². The van der Waals surface area contributed by atoms with E-state index in [0.29, 0.717) is 41.0 Å². The summed E-state index contributed by atoms with van der Waals surface area (Å²) < 4.78 is 11.8. The fourth-order valence-corrected chi connectivity index (χ4v) is 3.59. The van der Waals surface area contributed by atoms with Crippen molar-refractivity contribution in [2.75, 3.05) is 12.8 Å². The Morgan fingerprint density at radius 3 is 2.78 bits per heavy atom. The first kappa shape index (κ1) is 17.4. The minimum absolute atomic E-state index is 0.0833. The van der Waals surface area contributed by atoms with Gasteiger partial charge in [-0.25, -0.2) is 9.78 Å². The van der Waals surface area contributed by atoms with Gasteiger partial charge in [0.25, 0.3) is 0 Å². The zero-order valence-corrected chi connectivity index (χ0v) is 15.1. The number of amides is 1. The minimum atomic E-state index is -1.00. The lowest BCUT2D eigenvalue weighted by molar-refractivity contribution is 0.185. The largest absolute Gasteiger partial charge is 0.489 e. The summed E-state index contributed by atoms with van der Waals surface area (Å²) in [6.07, 6.45) is 3.29. The zero-order chi connectivity index (χ0) is 19.0. The maximum absolute atomic E-state index is 10.9. The number of aromatic amines is 1. The molecule has 2 atom stereocenters. The van der Waals surface area contributed by atoms with E-state index in [4.69, 9.17) is 20.3 Å². The summed E-state index contributed by atoms with van der Waals surface area (Å²) in [7, 11) is 1.58. The number of nitrogens with zero attached hydrogens (tertiary/aromatic N) is 2. The average molecular weight is 373 g/mol. The molecule has 9 nitrogen and oxygen atoms in total. The van der Waals surface area contributed by atoms with Crippen molar-refractivity contribution >= 4 is 11.9 Å². The van der Waals surface area contributed by atoms with E-state index < -0.39 is 6.09 Å². The van der Waals surface area contributed by atoms with Crippen LogP contribution in [0.2, 0.25) is 0 Å². The van der Waals surface area contributed by atoms with Crippen LogP contribution in [0, 0.1) is 0 Å². The molecular weight excluding hydrogens is 350 g/mol. The van der Waals surface area contributed by atoms with Crippen molar-refractivity contribution in [2.45, 2.75) is 50.2 Å². The molecule has 27 heavy (non-hydrogen) atoms. The fraction of sp³-hybridized carbons (Fsp3) is 0.500. The van der Waals surface area contributed by atoms with Gasteiger partial charge in [-0.1, -0.05) is 0 Å². The van der Waals surface area contributed by atoms with Crippen molar-refractivity contribution in [3.63, 3.8) is 0 Å². The van der Waals surface area contributed by atoms with E-state index in [-0.39, 0.29) is 12.1 Å².